The van der Waals surface area contributed by atoms with Crippen LogP contribution in [0.1, 0.15) is 32.6 Å². The van der Waals surface area contributed by atoms with E-state index in [0.29, 0.717) is 0 Å². The van der Waals surface area contributed by atoms with Crippen LogP contribution >= 0.6 is 0 Å². The van der Waals surface area contributed by atoms with E-state index in [2.05, 4.69) is 36.0 Å². The molecule has 0 aliphatic heterocycles. The number of hydrogen-bond donors (Lipinski definition) is 0. The Morgan fingerprint density at radius 2 is 1.85 bits per heavy atom. The Morgan fingerprint density at radius 1 is 1.15 bits per heavy atom. The standard InChI is InChI=1S/C12H19N/c1-11-6-2-3-7-12(11)10-13-8-4-5-9-13/h4-5,8-9,11-12H,2-3,6-7,10H2,1H3. The fourth-order valence-corrected chi connectivity index (χ4v) is 2.43. The van der Waals surface area contributed by atoms with Crippen molar-refractivity contribution in [3.8, 4) is 0 Å². The zero-order chi connectivity index (χ0) is 9.10. The Labute approximate surface area is 80.8 Å². The maximum absolute atomic E-state index is 2.41. The molecule has 0 saturated heterocycles. The summed E-state index contributed by atoms with van der Waals surface area (Å²) in [5, 5.41) is 0. The molecule has 13 heavy (non-hydrogen) atoms. The maximum Gasteiger partial charge on any atom is 0.0250 e. The van der Waals surface area contributed by atoms with Crippen molar-refractivity contribution < 1.29 is 0 Å². The number of aromatic nitrogens is 1. The Morgan fingerprint density at radius 3 is 2.54 bits per heavy atom. The lowest BCUT2D eigenvalue weighted by Gasteiger charge is -2.28. The predicted octanol–water partition coefficient (Wildman–Crippen LogP) is 3.31. The van der Waals surface area contributed by atoms with Crippen molar-refractivity contribution in [2.75, 3.05) is 0 Å². The Hall–Kier alpha value is -0.720. The molecule has 1 aliphatic rings. The molecular weight excluding hydrogens is 158 g/mol. The van der Waals surface area contributed by atoms with Gasteiger partial charge in [0.05, 0.1) is 0 Å². The molecule has 72 valence electrons. The molecule has 0 N–H and O–H groups in total. The molecule has 1 aromatic rings. The summed E-state index contributed by atoms with van der Waals surface area (Å²) in [5.41, 5.74) is 0. The van der Waals surface area contributed by atoms with Gasteiger partial charge in [0.25, 0.3) is 0 Å². The first-order valence-electron chi connectivity index (χ1n) is 5.47. The first-order chi connectivity index (χ1) is 6.36. The molecule has 1 aromatic heterocycles. The SMILES string of the molecule is CC1CCCCC1Cn1cccc1. The van der Waals surface area contributed by atoms with Crippen LogP contribution in [-0.4, -0.2) is 4.57 Å². The van der Waals surface area contributed by atoms with Crippen LogP contribution < -0.4 is 0 Å². The fraction of sp³-hybridized carbons (Fsp3) is 0.667. The van der Waals surface area contributed by atoms with Gasteiger partial charge in [-0.15, -0.1) is 0 Å². The van der Waals surface area contributed by atoms with Crippen LogP contribution in [0.15, 0.2) is 24.5 Å². The van der Waals surface area contributed by atoms with E-state index in [9.17, 15) is 0 Å². The smallest absolute Gasteiger partial charge is 0.0250 e. The average Bonchev–Trinajstić information content (AvgIpc) is 2.61. The predicted molar refractivity (Wildman–Crippen MR) is 55.6 cm³/mol. The fourth-order valence-electron chi connectivity index (χ4n) is 2.43. The van der Waals surface area contributed by atoms with Crippen molar-refractivity contribution in [2.45, 2.75) is 39.2 Å². The number of hydrogen-bond acceptors (Lipinski definition) is 0. The summed E-state index contributed by atoms with van der Waals surface area (Å²) in [6, 6.07) is 4.24. The topological polar surface area (TPSA) is 4.93 Å². The third-order valence-corrected chi connectivity index (χ3v) is 3.40. The molecule has 2 rings (SSSR count). The van der Waals surface area contributed by atoms with E-state index in [1.165, 1.54) is 32.2 Å². The van der Waals surface area contributed by atoms with Crippen LogP contribution in [0.4, 0.5) is 0 Å². The van der Waals surface area contributed by atoms with E-state index in [1.54, 1.807) is 0 Å². The largest absolute Gasteiger partial charge is 0.354 e. The van der Waals surface area contributed by atoms with Gasteiger partial charge in [0.1, 0.15) is 0 Å². The molecule has 0 radical (unpaired) electrons. The Balaban J connectivity index is 1.93. The van der Waals surface area contributed by atoms with E-state index >= 15 is 0 Å². The van der Waals surface area contributed by atoms with Crippen molar-refractivity contribution in [2.24, 2.45) is 11.8 Å². The summed E-state index contributed by atoms with van der Waals surface area (Å²) in [4.78, 5) is 0. The molecule has 0 bridgehead atoms. The van der Waals surface area contributed by atoms with Crippen molar-refractivity contribution in [1.82, 2.24) is 4.57 Å². The molecule has 2 atom stereocenters. The van der Waals surface area contributed by atoms with E-state index in [4.69, 9.17) is 0 Å². The second-order valence-corrected chi connectivity index (χ2v) is 4.40. The summed E-state index contributed by atoms with van der Waals surface area (Å²) < 4.78 is 2.33. The lowest BCUT2D eigenvalue weighted by Crippen LogP contribution is -2.21. The Kier molecular flexibility index (Phi) is 2.72. The van der Waals surface area contributed by atoms with Gasteiger partial charge in [-0.3, -0.25) is 0 Å². The highest BCUT2D eigenvalue weighted by atomic mass is 14.9. The third kappa shape index (κ3) is 2.15. The zero-order valence-corrected chi connectivity index (χ0v) is 8.45. The first-order valence-corrected chi connectivity index (χ1v) is 5.47. The quantitative estimate of drug-likeness (QED) is 0.653. The highest BCUT2D eigenvalue weighted by Crippen LogP contribution is 2.30. The zero-order valence-electron chi connectivity index (χ0n) is 8.45. The van der Waals surface area contributed by atoms with E-state index < -0.39 is 0 Å². The number of nitrogens with zero attached hydrogens (tertiary/aromatic N) is 1. The van der Waals surface area contributed by atoms with Crippen LogP contribution in [0, 0.1) is 11.8 Å². The Bertz CT molecular complexity index is 238. The number of rotatable bonds is 2. The molecule has 0 spiro atoms. The molecular formula is C12H19N. The first kappa shape index (κ1) is 8.86. The highest BCUT2D eigenvalue weighted by Gasteiger charge is 2.20. The van der Waals surface area contributed by atoms with Crippen LogP contribution in [0.3, 0.4) is 0 Å². The molecule has 1 aliphatic carbocycles. The van der Waals surface area contributed by atoms with Crippen LogP contribution in [-0.2, 0) is 6.54 Å². The van der Waals surface area contributed by atoms with Crippen LogP contribution in [0.5, 0.6) is 0 Å². The van der Waals surface area contributed by atoms with Gasteiger partial charge in [0.15, 0.2) is 0 Å². The van der Waals surface area contributed by atoms with Gasteiger partial charge in [-0.1, -0.05) is 26.2 Å². The van der Waals surface area contributed by atoms with Gasteiger partial charge in [-0.2, -0.15) is 0 Å². The van der Waals surface area contributed by atoms with Gasteiger partial charge in [-0.25, -0.2) is 0 Å². The van der Waals surface area contributed by atoms with E-state index in [-0.39, 0.29) is 0 Å². The normalized spacial score (nSPS) is 29.0. The lowest BCUT2D eigenvalue weighted by atomic mass is 9.80. The van der Waals surface area contributed by atoms with Gasteiger partial charge in [-0.05, 0) is 30.4 Å². The molecule has 1 fully saturated rings. The molecule has 0 aromatic carbocycles. The molecule has 1 heterocycles. The molecule has 0 amide bonds. The van der Waals surface area contributed by atoms with Gasteiger partial charge in [0.2, 0.25) is 0 Å². The van der Waals surface area contributed by atoms with Crippen molar-refractivity contribution in [1.29, 1.82) is 0 Å². The molecule has 1 nitrogen and oxygen atoms in total. The van der Waals surface area contributed by atoms with Crippen molar-refractivity contribution >= 4 is 0 Å². The van der Waals surface area contributed by atoms with Crippen LogP contribution in [0.2, 0.25) is 0 Å². The van der Waals surface area contributed by atoms with E-state index in [0.717, 1.165) is 11.8 Å². The van der Waals surface area contributed by atoms with Gasteiger partial charge < -0.3 is 4.57 Å². The average molecular weight is 177 g/mol. The van der Waals surface area contributed by atoms with Crippen LogP contribution in [0.25, 0.3) is 0 Å². The van der Waals surface area contributed by atoms with Gasteiger partial charge >= 0.3 is 0 Å². The summed E-state index contributed by atoms with van der Waals surface area (Å²) in [6.45, 7) is 3.64. The summed E-state index contributed by atoms with van der Waals surface area (Å²) in [6.07, 6.45) is 10.1. The third-order valence-electron chi connectivity index (χ3n) is 3.40. The molecule has 1 saturated carbocycles. The minimum absolute atomic E-state index is 0.918. The summed E-state index contributed by atoms with van der Waals surface area (Å²) >= 11 is 0. The summed E-state index contributed by atoms with van der Waals surface area (Å²) in [7, 11) is 0. The van der Waals surface area contributed by atoms with Crippen molar-refractivity contribution in [3.63, 3.8) is 0 Å². The van der Waals surface area contributed by atoms with Crippen molar-refractivity contribution in [3.05, 3.63) is 24.5 Å². The van der Waals surface area contributed by atoms with E-state index in [1.807, 2.05) is 0 Å². The second-order valence-electron chi connectivity index (χ2n) is 4.40. The minimum atomic E-state index is 0.918. The lowest BCUT2D eigenvalue weighted by molar-refractivity contribution is 0.229. The van der Waals surface area contributed by atoms with Gasteiger partial charge in [0, 0.05) is 18.9 Å². The maximum atomic E-state index is 2.41. The highest BCUT2D eigenvalue weighted by molar-refractivity contribution is 4.91. The molecule has 1 heteroatoms. The molecule has 2 unspecified atom stereocenters. The summed E-state index contributed by atoms with van der Waals surface area (Å²) in [5.74, 6) is 1.84. The second kappa shape index (κ2) is 3.99. The monoisotopic (exact) mass is 177 g/mol. The minimum Gasteiger partial charge on any atom is -0.354 e.